The van der Waals surface area contributed by atoms with E-state index in [2.05, 4.69) is 42.5 Å². The van der Waals surface area contributed by atoms with Gasteiger partial charge in [0.1, 0.15) is 5.75 Å². The number of hydrogen-bond acceptors (Lipinski definition) is 2. The van der Waals surface area contributed by atoms with E-state index in [0.29, 0.717) is 5.92 Å². The Kier molecular flexibility index (Phi) is 5.05. The highest BCUT2D eigenvalue weighted by molar-refractivity contribution is 14.1. The zero-order valence-electron chi connectivity index (χ0n) is 10.2. The SMILES string of the molecule is CC(C)Oc1c(I)cc(C(C)C)cc1CO. The van der Waals surface area contributed by atoms with E-state index in [0.717, 1.165) is 14.9 Å². The van der Waals surface area contributed by atoms with Crippen molar-refractivity contribution in [2.75, 3.05) is 0 Å². The zero-order valence-corrected chi connectivity index (χ0v) is 12.4. The van der Waals surface area contributed by atoms with Gasteiger partial charge in [0.05, 0.1) is 16.3 Å². The molecule has 0 heterocycles. The van der Waals surface area contributed by atoms with Gasteiger partial charge in [0.25, 0.3) is 0 Å². The predicted octanol–water partition coefficient (Wildman–Crippen LogP) is 3.69. The van der Waals surface area contributed by atoms with Gasteiger partial charge in [0.2, 0.25) is 0 Å². The summed E-state index contributed by atoms with van der Waals surface area (Å²) in [7, 11) is 0. The fraction of sp³-hybridized carbons (Fsp3) is 0.538. The fourth-order valence-electron chi connectivity index (χ4n) is 1.49. The van der Waals surface area contributed by atoms with Crippen LogP contribution in [0.25, 0.3) is 0 Å². The maximum atomic E-state index is 9.38. The predicted molar refractivity (Wildman–Crippen MR) is 74.9 cm³/mol. The van der Waals surface area contributed by atoms with Crippen molar-refractivity contribution in [3.05, 3.63) is 26.8 Å². The summed E-state index contributed by atoms with van der Waals surface area (Å²) in [4.78, 5) is 0. The van der Waals surface area contributed by atoms with E-state index < -0.39 is 0 Å². The second kappa shape index (κ2) is 5.87. The Hall–Kier alpha value is -0.290. The molecule has 0 amide bonds. The normalized spacial score (nSPS) is 11.2. The van der Waals surface area contributed by atoms with Crippen molar-refractivity contribution in [1.82, 2.24) is 0 Å². The molecule has 0 saturated heterocycles. The molecule has 0 radical (unpaired) electrons. The Balaban J connectivity index is 3.17. The van der Waals surface area contributed by atoms with Crippen molar-refractivity contribution >= 4 is 22.6 Å². The number of benzene rings is 1. The van der Waals surface area contributed by atoms with E-state index in [1.165, 1.54) is 5.56 Å². The standard InChI is InChI=1S/C13H19IO2/c1-8(2)10-5-11(7-15)13(12(14)6-10)16-9(3)4/h5-6,8-9,15H,7H2,1-4H3. The minimum atomic E-state index is 0.0264. The molecule has 1 N–H and O–H groups in total. The quantitative estimate of drug-likeness (QED) is 0.851. The topological polar surface area (TPSA) is 29.5 Å². The molecule has 90 valence electrons. The molecule has 0 atom stereocenters. The molecule has 16 heavy (non-hydrogen) atoms. The lowest BCUT2D eigenvalue weighted by atomic mass is 10.0. The van der Waals surface area contributed by atoms with Crippen molar-refractivity contribution < 1.29 is 9.84 Å². The Labute approximate surface area is 111 Å². The zero-order chi connectivity index (χ0) is 12.3. The third-order valence-corrected chi connectivity index (χ3v) is 3.13. The summed E-state index contributed by atoms with van der Waals surface area (Å²) in [6.45, 7) is 8.31. The Bertz CT molecular complexity index is 359. The number of hydrogen-bond donors (Lipinski definition) is 1. The van der Waals surface area contributed by atoms with Crippen LogP contribution in [0.3, 0.4) is 0 Å². The molecule has 0 saturated carbocycles. The lowest BCUT2D eigenvalue weighted by Crippen LogP contribution is -2.09. The van der Waals surface area contributed by atoms with Gasteiger partial charge in [-0.05, 0) is 60.1 Å². The molecule has 1 aromatic carbocycles. The maximum absolute atomic E-state index is 9.38. The summed E-state index contributed by atoms with van der Waals surface area (Å²) in [6.07, 6.45) is 0.128. The number of aliphatic hydroxyl groups is 1. The van der Waals surface area contributed by atoms with Crippen LogP contribution in [0.4, 0.5) is 0 Å². The molecule has 0 aromatic heterocycles. The lowest BCUT2D eigenvalue weighted by molar-refractivity contribution is 0.224. The molecule has 0 fully saturated rings. The second-order valence-electron chi connectivity index (χ2n) is 4.47. The molecule has 0 bridgehead atoms. The van der Waals surface area contributed by atoms with Crippen LogP contribution in [0.15, 0.2) is 12.1 Å². The summed E-state index contributed by atoms with van der Waals surface area (Å²) >= 11 is 2.27. The highest BCUT2D eigenvalue weighted by atomic mass is 127. The number of aliphatic hydroxyl groups excluding tert-OH is 1. The minimum Gasteiger partial charge on any atom is -0.490 e. The molecule has 0 aliphatic heterocycles. The third-order valence-electron chi connectivity index (χ3n) is 2.33. The molecule has 0 unspecified atom stereocenters. The van der Waals surface area contributed by atoms with E-state index in [-0.39, 0.29) is 12.7 Å². The summed E-state index contributed by atoms with van der Waals surface area (Å²) in [6, 6.07) is 4.16. The van der Waals surface area contributed by atoms with E-state index in [1.807, 2.05) is 19.9 Å². The highest BCUT2D eigenvalue weighted by Gasteiger charge is 2.12. The Morgan fingerprint density at radius 3 is 2.31 bits per heavy atom. The molecule has 0 aliphatic carbocycles. The number of rotatable bonds is 4. The molecule has 0 aliphatic rings. The number of ether oxygens (including phenoxy) is 1. The summed E-state index contributed by atoms with van der Waals surface area (Å²) in [5.41, 5.74) is 2.12. The van der Waals surface area contributed by atoms with Gasteiger partial charge in [-0.3, -0.25) is 0 Å². The highest BCUT2D eigenvalue weighted by Crippen LogP contribution is 2.31. The van der Waals surface area contributed by atoms with E-state index >= 15 is 0 Å². The first-order chi connectivity index (χ1) is 7.45. The Morgan fingerprint density at radius 1 is 1.25 bits per heavy atom. The van der Waals surface area contributed by atoms with Crippen molar-refractivity contribution in [2.24, 2.45) is 0 Å². The van der Waals surface area contributed by atoms with Gasteiger partial charge in [0.15, 0.2) is 0 Å². The molecule has 2 nitrogen and oxygen atoms in total. The molecule has 1 aromatic rings. The van der Waals surface area contributed by atoms with Gasteiger partial charge in [-0.25, -0.2) is 0 Å². The molecule has 1 rings (SSSR count). The van der Waals surface area contributed by atoms with E-state index in [4.69, 9.17) is 4.74 Å². The average Bonchev–Trinajstić information content (AvgIpc) is 2.19. The molecular weight excluding hydrogens is 315 g/mol. The molecule has 0 spiro atoms. The molecule has 3 heteroatoms. The first-order valence-electron chi connectivity index (χ1n) is 5.55. The smallest absolute Gasteiger partial charge is 0.138 e. The second-order valence-corrected chi connectivity index (χ2v) is 5.63. The van der Waals surface area contributed by atoms with Crippen molar-refractivity contribution in [1.29, 1.82) is 0 Å². The molecular formula is C13H19IO2. The van der Waals surface area contributed by atoms with Crippen LogP contribution in [0.2, 0.25) is 0 Å². The maximum Gasteiger partial charge on any atom is 0.138 e. The van der Waals surface area contributed by atoms with Gasteiger partial charge in [-0.2, -0.15) is 0 Å². The Morgan fingerprint density at radius 2 is 1.88 bits per heavy atom. The van der Waals surface area contributed by atoms with Crippen LogP contribution in [-0.4, -0.2) is 11.2 Å². The first-order valence-corrected chi connectivity index (χ1v) is 6.63. The largest absolute Gasteiger partial charge is 0.490 e. The van der Waals surface area contributed by atoms with Gasteiger partial charge >= 0.3 is 0 Å². The van der Waals surface area contributed by atoms with E-state index in [1.54, 1.807) is 0 Å². The van der Waals surface area contributed by atoms with Crippen molar-refractivity contribution in [3.63, 3.8) is 0 Å². The minimum absolute atomic E-state index is 0.0264. The summed E-state index contributed by atoms with van der Waals surface area (Å²) < 4.78 is 6.81. The van der Waals surface area contributed by atoms with Crippen LogP contribution in [0.5, 0.6) is 5.75 Å². The summed E-state index contributed by atoms with van der Waals surface area (Å²) in [5.74, 6) is 1.29. The van der Waals surface area contributed by atoms with E-state index in [9.17, 15) is 5.11 Å². The van der Waals surface area contributed by atoms with Gasteiger partial charge < -0.3 is 9.84 Å². The van der Waals surface area contributed by atoms with Crippen LogP contribution in [0.1, 0.15) is 44.7 Å². The van der Waals surface area contributed by atoms with Gasteiger partial charge in [-0.1, -0.05) is 13.8 Å². The van der Waals surface area contributed by atoms with Crippen molar-refractivity contribution in [3.8, 4) is 5.75 Å². The van der Waals surface area contributed by atoms with Crippen molar-refractivity contribution in [2.45, 2.75) is 46.3 Å². The van der Waals surface area contributed by atoms with Crippen LogP contribution >= 0.6 is 22.6 Å². The average molecular weight is 334 g/mol. The van der Waals surface area contributed by atoms with Crippen LogP contribution in [-0.2, 0) is 6.61 Å². The summed E-state index contributed by atoms with van der Waals surface area (Å²) in [5, 5.41) is 9.38. The first kappa shape index (κ1) is 13.8. The van der Waals surface area contributed by atoms with Gasteiger partial charge in [0, 0.05) is 5.56 Å². The lowest BCUT2D eigenvalue weighted by Gasteiger charge is -2.17. The fourth-order valence-corrected chi connectivity index (χ4v) is 2.33. The van der Waals surface area contributed by atoms with Gasteiger partial charge in [-0.15, -0.1) is 0 Å². The third kappa shape index (κ3) is 3.35. The van der Waals surface area contributed by atoms with Crippen LogP contribution in [0, 0.1) is 3.57 Å². The van der Waals surface area contributed by atoms with Crippen LogP contribution < -0.4 is 4.74 Å². The monoisotopic (exact) mass is 334 g/mol. The number of halogens is 1.